The van der Waals surface area contributed by atoms with Crippen molar-refractivity contribution in [3.05, 3.63) is 102 Å². The van der Waals surface area contributed by atoms with Crippen molar-refractivity contribution < 1.29 is 19.0 Å². The molecule has 0 aliphatic heterocycles. The van der Waals surface area contributed by atoms with Gasteiger partial charge in [0.05, 0.1) is 25.6 Å². The maximum Gasteiger partial charge on any atom is 0.186 e. The van der Waals surface area contributed by atoms with Crippen LogP contribution in [0.1, 0.15) is 37.0 Å². The molecule has 3 rings (SSSR count). The molecule has 0 aromatic heterocycles. The SMILES string of the molecule is CCCOC[C@H](COC(c1ccccc1)(c1ccccc1)c1ccc(OC)cc1)SC(C)=O. The highest BCUT2D eigenvalue weighted by atomic mass is 32.2. The molecule has 0 heterocycles. The molecule has 0 spiro atoms. The largest absolute Gasteiger partial charge is 0.497 e. The summed E-state index contributed by atoms with van der Waals surface area (Å²) in [4.78, 5) is 11.9. The van der Waals surface area contributed by atoms with E-state index in [1.165, 1.54) is 11.8 Å². The number of hydrogen-bond acceptors (Lipinski definition) is 5. The molecule has 0 amide bonds. The molecule has 33 heavy (non-hydrogen) atoms. The topological polar surface area (TPSA) is 44.8 Å². The maximum atomic E-state index is 11.9. The molecular weight excluding hydrogens is 432 g/mol. The first kappa shape index (κ1) is 25.0. The zero-order chi connectivity index (χ0) is 23.5. The third-order valence-corrected chi connectivity index (χ3v) is 6.27. The summed E-state index contributed by atoms with van der Waals surface area (Å²) in [6.07, 6.45) is 0.933. The minimum atomic E-state index is -0.852. The Labute approximate surface area is 201 Å². The molecule has 0 aliphatic carbocycles. The molecule has 0 radical (unpaired) electrons. The van der Waals surface area contributed by atoms with E-state index in [2.05, 4.69) is 31.2 Å². The number of methoxy groups -OCH3 is 1. The van der Waals surface area contributed by atoms with Crippen LogP contribution in [0.3, 0.4) is 0 Å². The molecule has 3 aromatic rings. The van der Waals surface area contributed by atoms with Gasteiger partial charge in [0, 0.05) is 13.5 Å². The van der Waals surface area contributed by atoms with Crippen LogP contribution in [0.25, 0.3) is 0 Å². The first-order valence-corrected chi connectivity index (χ1v) is 12.1. The number of carbonyl (C=O) groups excluding carboxylic acids is 1. The maximum absolute atomic E-state index is 11.9. The molecule has 174 valence electrons. The highest BCUT2D eigenvalue weighted by molar-refractivity contribution is 8.14. The second-order valence-electron chi connectivity index (χ2n) is 7.76. The van der Waals surface area contributed by atoms with Gasteiger partial charge in [-0.25, -0.2) is 0 Å². The van der Waals surface area contributed by atoms with Crippen molar-refractivity contribution in [3.8, 4) is 5.75 Å². The van der Waals surface area contributed by atoms with E-state index in [4.69, 9.17) is 14.2 Å². The van der Waals surface area contributed by atoms with E-state index >= 15 is 0 Å². The third kappa shape index (κ3) is 6.47. The second-order valence-corrected chi connectivity index (χ2v) is 9.24. The zero-order valence-electron chi connectivity index (χ0n) is 19.5. The summed E-state index contributed by atoms with van der Waals surface area (Å²) in [5.74, 6) is 0.784. The predicted octanol–water partition coefficient (Wildman–Crippen LogP) is 6.08. The number of hydrogen-bond donors (Lipinski definition) is 0. The molecule has 1 atom stereocenters. The lowest BCUT2D eigenvalue weighted by atomic mass is 9.80. The Morgan fingerprint density at radius 2 is 1.39 bits per heavy atom. The van der Waals surface area contributed by atoms with Gasteiger partial charge in [-0.05, 0) is 35.2 Å². The van der Waals surface area contributed by atoms with Crippen LogP contribution >= 0.6 is 11.8 Å². The molecule has 0 fully saturated rings. The average Bonchev–Trinajstić information content (AvgIpc) is 2.86. The van der Waals surface area contributed by atoms with E-state index in [1.807, 2.05) is 60.7 Å². The van der Waals surface area contributed by atoms with Crippen LogP contribution in [0, 0.1) is 0 Å². The molecule has 0 saturated heterocycles. The average molecular weight is 465 g/mol. The summed E-state index contributed by atoms with van der Waals surface area (Å²) in [5.41, 5.74) is 2.17. The van der Waals surface area contributed by atoms with E-state index in [0.717, 1.165) is 28.9 Å². The summed E-state index contributed by atoms with van der Waals surface area (Å²) in [5, 5.41) is -0.0581. The van der Waals surface area contributed by atoms with Crippen LogP contribution in [-0.2, 0) is 19.9 Å². The van der Waals surface area contributed by atoms with Crippen LogP contribution in [0.2, 0.25) is 0 Å². The Bertz CT molecular complexity index is 934. The van der Waals surface area contributed by atoms with Crippen LogP contribution in [0.4, 0.5) is 0 Å². The van der Waals surface area contributed by atoms with Gasteiger partial charge in [0.2, 0.25) is 0 Å². The molecule has 0 aliphatic rings. The fraction of sp³-hybridized carbons (Fsp3) is 0.321. The van der Waals surface area contributed by atoms with Gasteiger partial charge >= 0.3 is 0 Å². The minimum Gasteiger partial charge on any atom is -0.497 e. The monoisotopic (exact) mass is 464 g/mol. The van der Waals surface area contributed by atoms with Gasteiger partial charge in [-0.1, -0.05) is 91.5 Å². The van der Waals surface area contributed by atoms with Crippen molar-refractivity contribution in [1.29, 1.82) is 0 Å². The number of carbonyl (C=O) groups is 1. The van der Waals surface area contributed by atoms with E-state index in [-0.39, 0.29) is 10.4 Å². The first-order chi connectivity index (χ1) is 16.1. The summed E-state index contributed by atoms with van der Waals surface area (Å²) < 4.78 is 18.0. The lowest BCUT2D eigenvalue weighted by molar-refractivity contribution is -0.109. The zero-order valence-corrected chi connectivity index (χ0v) is 20.3. The van der Waals surface area contributed by atoms with Crippen molar-refractivity contribution >= 4 is 16.9 Å². The van der Waals surface area contributed by atoms with Gasteiger partial charge < -0.3 is 14.2 Å². The van der Waals surface area contributed by atoms with Gasteiger partial charge in [0.25, 0.3) is 0 Å². The standard InChI is InChI=1S/C28H32O4S/c1-4-19-31-20-27(33-22(2)29)21-32-28(23-11-7-5-8-12-23,24-13-9-6-10-14-24)25-15-17-26(30-3)18-16-25/h5-18,27H,4,19-21H2,1-3H3/t27-/m1/s1. The Hall–Kier alpha value is -2.60. The van der Waals surface area contributed by atoms with E-state index in [0.29, 0.717) is 19.8 Å². The third-order valence-electron chi connectivity index (χ3n) is 5.33. The van der Waals surface area contributed by atoms with E-state index in [1.54, 1.807) is 14.0 Å². The van der Waals surface area contributed by atoms with Crippen molar-refractivity contribution in [2.75, 3.05) is 26.9 Å². The van der Waals surface area contributed by atoms with Crippen LogP contribution in [0.5, 0.6) is 5.75 Å². The Morgan fingerprint density at radius 3 is 1.88 bits per heavy atom. The number of benzene rings is 3. The molecule has 5 heteroatoms. The van der Waals surface area contributed by atoms with Gasteiger partial charge in [-0.2, -0.15) is 0 Å². The van der Waals surface area contributed by atoms with Gasteiger partial charge in [-0.3, -0.25) is 4.79 Å². The van der Waals surface area contributed by atoms with Crippen molar-refractivity contribution in [2.45, 2.75) is 31.1 Å². The molecule has 0 bridgehead atoms. The summed E-state index contributed by atoms with van der Waals surface area (Å²) in [7, 11) is 1.66. The smallest absolute Gasteiger partial charge is 0.186 e. The predicted molar refractivity (Wildman–Crippen MR) is 135 cm³/mol. The van der Waals surface area contributed by atoms with Gasteiger partial charge in [-0.15, -0.1) is 0 Å². The molecule has 0 N–H and O–H groups in total. The van der Waals surface area contributed by atoms with Crippen molar-refractivity contribution in [1.82, 2.24) is 0 Å². The molecule has 3 aromatic carbocycles. The van der Waals surface area contributed by atoms with Crippen molar-refractivity contribution in [3.63, 3.8) is 0 Å². The normalized spacial score (nSPS) is 12.3. The molecule has 4 nitrogen and oxygen atoms in total. The molecule has 0 saturated carbocycles. The fourth-order valence-corrected chi connectivity index (χ4v) is 4.62. The summed E-state index contributed by atoms with van der Waals surface area (Å²) in [6.45, 7) is 5.13. The summed E-state index contributed by atoms with van der Waals surface area (Å²) in [6, 6.07) is 28.4. The number of ether oxygens (including phenoxy) is 3. The Balaban J connectivity index is 2.07. The fourth-order valence-electron chi connectivity index (χ4n) is 3.85. The Morgan fingerprint density at radius 1 is 0.848 bits per heavy atom. The summed E-state index contributed by atoms with van der Waals surface area (Å²) >= 11 is 1.27. The van der Waals surface area contributed by atoms with E-state index < -0.39 is 5.60 Å². The number of rotatable bonds is 12. The van der Waals surface area contributed by atoms with Crippen molar-refractivity contribution in [2.24, 2.45) is 0 Å². The Kier molecular flexibility index (Phi) is 9.55. The lowest BCUT2D eigenvalue weighted by Crippen LogP contribution is -2.36. The molecule has 0 unspecified atom stereocenters. The first-order valence-electron chi connectivity index (χ1n) is 11.2. The number of thioether (sulfide) groups is 1. The highest BCUT2D eigenvalue weighted by Gasteiger charge is 2.38. The van der Waals surface area contributed by atoms with Crippen LogP contribution < -0.4 is 4.74 Å². The minimum absolute atomic E-state index is 0.0539. The highest BCUT2D eigenvalue weighted by Crippen LogP contribution is 2.41. The molecular formula is C28H32O4S. The quantitative estimate of drug-likeness (QED) is 0.240. The lowest BCUT2D eigenvalue weighted by Gasteiger charge is -2.37. The van der Waals surface area contributed by atoms with Crippen LogP contribution in [0.15, 0.2) is 84.9 Å². The van der Waals surface area contributed by atoms with E-state index in [9.17, 15) is 4.79 Å². The van der Waals surface area contributed by atoms with Gasteiger partial charge in [0.15, 0.2) is 5.12 Å². The van der Waals surface area contributed by atoms with Gasteiger partial charge in [0.1, 0.15) is 11.4 Å². The second kappa shape index (κ2) is 12.6. The van der Waals surface area contributed by atoms with Crippen LogP contribution in [-0.4, -0.2) is 37.3 Å².